The molecule has 0 spiro atoms. The van der Waals surface area contributed by atoms with Crippen LogP contribution in [0, 0.1) is 0 Å². The van der Waals surface area contributed by atoms with Gasteiger partial charge in [-0.3, -0.25) is 9.59 Å². The van der Waals surface area contributed by atoms with Crippen LogP contribution in [0.4, 0.5) is 0 Å². The molecule has 0 amide bonds. The van der Waals surface area contributed by atoms with Gasteiger partial charge in [0, 0.05) is 32.6 Å². The molecular weight excluding hydrogens is 229 g/mol. The van der Waals surface area contributed by atoms with Gasteiger partial charge in [-0.05, 0) is 0 Å². The van der Waals surface area contributed by atoms with Gasteiger partial charge in [-0.25, -0.2) is 0 Å². The van der Waals surface area contributed by atoms with Crippen molar-refractivity contribution in [3.8, 4) is 0 Å². The molecule has 0 radical (unpaired) electrons. The van der Waals surface area contributed by atoms with Gasteiger partial charge >= 0.3 is 11.9 Å². The van der Waals surface area contributed by atoms with E-state index in [2.05, 4.69) is 10.3 Å². The van der Waals surface area contributed by atoms with Crippen molar-refractivity contribution in [1.29, 1.82) is 0 Å². The number of rotatable bonds is 6. The largest absolute Gasteiger partial charge is 0.481 e. The normalized spacial score (nSPS) is 8.69. The van der Waals surface area contributed by atoms with E-state index in [-0.39, 0.29) is 32.3 Å². The zero-order valence-corrected chi connectivity index (χ0v) is 10.3. The zero-order valence-electron chi connectivity index (χ0n) is 7.28. The van der Waals surface area contributed by atoms with Crippen LogP contribution in [-0.4, -0.2) is 30.1 Å². The summed E-state index contributed by atoms with van der Waals surface area (Å²) >= 11 is 0. The number of carboxylic acids is 1. The molecular formula is C6H12N2O4Zn. The van der Waals surface area contributed by atoms with Gasteiger partial charge < -0.3 is 15.7 Å². The van der Waals surface area contributed by atoms with Crippen LogP contribution in [0.2, 0.25) is 0 Å². The minimum Gasteiger partial charge on any atom is -0.481 e. The maximum atomic E-state index is 10.6. The Bertz CT molecular complexity index is 165. The van der Waals surface area contributed by atoms with Crippen LogP contribution in [0.15, 0.2) is 0 Å². The van der Waals surface area contributed by atoms with Crippen LogP contribution in [-0.2, 0) is 33.9 Å². The van der Waals surface area contributed by atoms with Crippen molar-refractivity contribution in [2.75, 3.05) is 13.1 Å². The monoisotopic (exact) mass is 240 g/mol. The van der Waals surface area contributed by atoms with Crippen molar-refractivity contribution >= 4 is 11.9 Å². The van der Waals surface area contributed by atoms with Gasteiger partial charge in [0.15, 0.2) is 0 Å². The standard InChI is InChI=1S/C6H12N2O4.Zn/c7-3-4-8-12-6(11)2-1-5(9)10;/h8H,1-4,7H2,(H,9,10);. The van der Waals surface area contributed by atoms with E-state index in [9.17, 15) is 9.59 Å². The molecule has 0 aliphatic heterocycles. The quantitative estimate of drug-likeness (QED) is 0.309. The van der Waals surface area contributed by atoms with Crippen LogP contribution in [0.5, 0.6) is 0 Å². The molecule has 0 unspecified atom stereocenters. The summed E-state index contributed by atoms with van der Waals surface area (Å²) in [5.41, 5.74) is 7.38. The molecule has 0 fully saturated rings. The molecule has 0 saturated carbocycles. The maximum absolute atomic E-state index is 10.6. The Kier molecular flexibility index (Phi) is 11.0. The van der Waals surface area contributed by atoms with E-state index in [0.29, 0.717) is 13.1 Å². The summed E-state index contributed by atoms with van der Waals surface area (Å²) in [6.07, 6.45) is -0.351. The molecule has 4 N–H and O–H groups in total. The summed E-state index contributed by atoms with van der Waals surface area (Å²) in [6, 6.07) is 0. The SMILES string of the molecule is NCCNOC(=O)CCC(=O)O.[Zn]. The topological polar surface area (TPSA) is 102 Å². The molecule has 0 aromatic carbocycles. The van der Waals surface area contributed by atoms with Crippen molar-refractivity contribution in [3.05, 3.63) is 0 Å². The van der Waals surface area contributed by atoms with Crippen LogP contribution in [0.1, 0.15) is 12.8 Å². The van der Waals surface area contributed by atoms with Crippen LogP contribution < -0.4 is 11.2 Å². The van der Waals surface area contributed by atoms with Gasteiger partial charge in [0.25, 0.3) is 0 Å². The van der Waals surface area contributed by atoms with Gasteiger partial charge in [0.05, 0.1) is 12.8 Å². The van der Waals surface area contributed by atoms with E-state index in [4.69, 9.17) is 10.8 Å². The molecule has 72 valence electrons. The van der Waals surface area contributed by atoms with Gasteiger partial charge in [-0.2, -0.15) is 5.48 Å². The summed E-state index contributed by atoms with van der Waals surface area (Å²) < 4.78 is 0. The van der Waals surface area contributed by atoms with Crippen LogP contribution in [0.3, 0.4) is 0 Å². The Hall–Kier alpha value is -0.517. The smallest absolute Gasteiger partial charge is 0.325 e. The second-order valence-corrected chi connectivity index (χ2v) is 2.05. The fraction of sp³-hybridized carbons (Fsp3) is 0.667. The maximum Gasteiger partial charge on any atom is 0.325 e. The first-order chi connectivity index (χ1) is 5.66. The van der Waals surface area contributed by atoms with Gasteiger partial charge in [0.1, 0.15) is 0 Å². The fourth-order valence-corrected chi connectivity index (χ4v) is 0.450. The first kappa shape index (κ1) is 15.0. The second kappa shape index (κ2) is 9.57. The molecule has 0 aliphatic rings. The molecule has 0 aromatic heterocycles. The fourth-order valence-electron chi connectivity index (χ4n) is 0.450. The number of hydrogen-bond donors (Lipinski definition) is 3. The molecule has 0 rings (SSSR count). The number of hydroxylamine groups is 1. The number of carboxylic acid groups (broad SMARTS) is 1. The molecule has 13 heavy (non-hydrogen) atoms. The predicted molar refractivity (Wildman–Crippen MR) is 40.0 cm³/mol. The first-order valence-corrected chi connectivity index (χ1v) is 3.51. The van der Waals surface area contributed by atoms with Crippen molar-refractivity contribution in [1.82, 2.24) is 5.48 Å². The van der Waals surface area contributed by atoms with E-state index in [1.165, 1.54) is 0 Å². The van der Waals surface area contributed by atoms with E-state index in [1.54, 1.807) is 0 Å². The first-order valence-electron chi connectivity index (χ1n) is 3.51. The molecule has 0 heterocycles. The van der Waals surface area contributed by atoms with Crippen LogP contribution >= 0.6 is 0 Å². The molecule has 0 aromatic rings. The molecule has 0 bridgehead atoms. The Morgan fingerprint density at radius 1 is 1.38 bits per heavy atom. The third-order valence-electron chi connectivity index (χ3n) is 0.975. The number of carbonyl (C=O) groups is 2. The Balaban J connectivity index is 0. The van der Waals surface area contributed by atoms with Gasteiger partial charge in [0.2, 0.25) is 0 Å². The molecule has 0 saturated heterocycles. The summed E-state index contributed by atoms with van der Waals surface area (Å²) in [5.74, 6) is -1.61. The van der Waals surface area contributed by atoms with Gasteiger partial charge in [-0.1, -0.05) is 0 Å². The summed E-state index contributed by atoms with van der Waals surface area (Å²) in [5, 5.41) is 8.19. The van der Waals surface area contributed by atoms with E-state index >= 15 is 0 Å². The Morgan fingerprint density at radius 2 is 2.00 bits per heavy atom. The second-order valence-electron chi connectivity index (χ2n) is 2.05. The molecule has 0 atom stereocenters. The molecule has 7 heteroatoms. The van der Waals surface area contributed by atoms with E-state index in [1.807, 2.05) is 0 Å². The molecule has 0 aliphatic carbocycles. The average Bonchev–Trinajstić information content (AvgIpc) is 2.01. The van der Waals surface area contributed by atoms with Crippen molar-refractivity contribution < 1.29 is 39.0 Å². The van der Waals surface area contributed by atoms with Gasteiger partial charge in [-0.15, -0.1) is 0 Å². The van der Waals surface area contributed by atoms with Crippen molar-refractivity contribution in [2.45, 2.75) is 12.8 Å². The number of nitrogens with two attached hydrogens (primary N) is 1. The minimum atomic E-state index is -1.02. The predicted octanol–water partition coefficient (Wildman–Crippen LogP) is -1.14. The number of hydrogen-bond acceptors (Lipinski definition) is 5. The average molecular weight is 242 g/mol. The van der Waals surface area contributed by atoms with Crippen molar-refractivity contribution in [2.24, 2.45) is 5.73 Å². The summed E-state index contributed by atoms with van der Waals surface area (Å²) in [7, 11) is 0. The summed E-state index contributed by atoms with van der Waals surface area (Å²) in [6.45, 7) is 0.713. The zero-order chi connectivity index (χ0) is 9.40. The third-order valence-corrected chi connectivity index (χ3v) is 0.975. The number of carbonyl (C=O) groups excluding carboxylic acids is 1. The Morgan fingerprint density at radius 3 is 2.46 bits per heavy atom. The summed E-state index contributed by atoms with van der Waals surface area (Å²) in [4.78, 5) is 25.0. The van der Waals surface area contributed by atoms with Crippen molar-refractivity contribution in [3.63, 3.8) is 0 Å². The van der Waals surface area contributed by atoms with E-state index < -0.39 is 11.9 Å². The van der Waals surface area contributed by atoms with E-state index in [0.717, 1.165) is 0 Å². The Labute approximate surface area is 88.5 Å². The number of nitrogens with one attached hydrogen (secondary N) is 1. The number of aliphatic carboxylic acids is 1. The molecule has 6 nitrogen and oxygen atoms in total. The third kappa shape index (κ3) is 11.5. The minimum absolute atomic E-state index is 0. The van der Waals surface area contributed by atoms with Crippen LogP contribution in [0.25, 0.3) is 0 Å².